The van der Waals surface area contributed by atoms with Gasteiger partial charge >= 0.3 is 5.97 Å². The van der Waals surface area contributed by atoms with Crippen LogP contribution in [0, 0.1) is 5.82 Å². The van der Waals surface area contributed by atoms with Crippen molar-refractivity contribution in [2.24, 2.45) is 0 Å². The quantitative estimate of drug-likeness (QED) is 0.500. The van der Waals surface area contributed by atoms with E-state index >= 15 is 0 Å². The minimum atomic E-state index is -0.914. The molecular formula is C23H20ClFN4O2. The molecule has 1 N–H and O–H groups in total. The largest absolute Gasteiger partial charge is 0.481 e. The Morgan fingerprint density at radius 1 is 1.23 bits per heavy atom. The number of carboxylic acid groups (broad SMARTS) is 1. The summed E-state index contributed by atoms with van der Waals surface area (Å²) in [6.07, 6.45) is 3.74. The van der Waals surface area contributed by atoms with Crippen molar-refractivity contribution in [2.45, 2.75) is 38.3 Å². The molecule has 0 amide bonds. The Balaban J connectivity index is 1.51. The summed E-state index contributed by atoms with van der Waals surface area (Å²) in [6.45, 7) is 0.517. The molecule has 6 nitrogen and oxygen atoms in total. The minimum Gasteiger partial charge on any atom is -0.481 e. The molecule has 0 aliphatic carbocycles. The van der Waals surface area contributed by atoms with Crippen LogP contribution in [0.1, 0.15) is 35.0 Å². The molecule has 0 saturated carbocycles. The molecule has 0 fully saturated rings. The van der Waals surface area contributed by atoms with Crippen molar-refractivity contribution in [2.75, 3.05) is 0 Å². The van der Waals surface area contributed by atoms with Gasteiger partial charge < -0.3 is 9.67 Å². The van der Waals surface area contributed by atoms with Crippen molar-refractivity contribution in [1.82, 2.24) is 19.6 Å². The summed E-state index contributed by atoms with van der Waals surface area (Å²) >= 11 is 5.99. The van der Waals surface area contributed by atoms with Gasteiger partial charge in [-0.15, -0.1) is 5.10 Å². The second kappa shape index (κ2) is 7.81. The number of carbonyl (C=O) groups is 1. The van der Waals surface area contributed by atoms with Gasteiger partial charge in [0.2, 0.25) is 0 Å². The van der Waals surface area contributed by atoms with Gasteiger partial charge in [-0.05, 0) is 42.2 Å². The Labute approximate surface area is 182 Å². The standard InChI is InChI=1S/C23H20ClFN4O2/c24-15-6-4-14(5-7-15)10-17-12-26-27-29(17)16-8-9-21-19(11-22(30)31)18-2-1-3-20(25)23(18)28(21)13-16/h1-7,12,16H,8-11,13H2,(H,30,31). The zero-order chi connectivity index (χ0) is 21.5. The zero-order valence-electron chi connectivity index (χ0n) is 16.6. The van der Waals surface area contributed by atoms with Crippen LogP contribution in [0.15, 0.2) is 48.7 Å². The van der Waals surface area contributed by atoms with Gasteiger partial charge in [0.25, 0.3) is 0 Å². The highest BCUT2D eigenvalue weighted by molar-refractivity contribution is 6.30. The van der Waals surface area contributed by atoms with E-state index in [-0.39, 0.29) is 18.3 Å². The number of rotatable bonds is 5. The monoisotopic (exact) mass is 438 g/mol. The first-order valence-electron chi connectivity index (χ1n) is 10.1. The molecule has 2 aromatic heterocycles. The fraction of sp³-hybridized carbons (Fsp3) is 0.261. The van der Waals surface area contributed by atoms with Crippen LogP contribution in [0.25, 0.3) is 10.9 Å². The highest BCUT2D eigenvalue weighted by Crippen LogP contribution is 2.36. The molecule has 0 radical (unpaired) electrons. The predicted octanol–water partition coefficient (Wildman–Crippen LogP) is 4.43. The summed E-state index contributed by atoms with van der Waals surface area (Å²) in [5.41, 5.74) is 4.15. The van der Waals surface area contributed by atoms with Gasteiger partial charge in [0.15, 0.2) is 0 Å². The number of aliphatic carboxylic acids is 1. The van der Waals surface area contributed by atoms with E-state index in [0.29, 0.717) is 40.9 Å². The fourth-order valence-corrected chi connectivity index (χ4v) is 4.76. The van der Waals surface area contributed by atoms with Crippen LogP contribution in [0.2, 0.25) is 5.02 Å². The fourth-order valence-electron chi connectivity index (χ4n) is 4.64. The number of para-hydroxylation sites is 1. The third-order valence-corrected chi connectivity index (χ3v) is 6.24. The first-order chi connectivity index (χ1) is 15.0. The van der Waals surface area contributed by atoms with Crippen molar-refractivity contribution >= 4 is 28.5 Å². The molecule has 3 heterocycles. The smallest absolute Gasteiger partial charge is 0.307 e. The number of fused-ring (bicyclic) bond motifs is 3. The molecule has 0 saturated heterocycles. The van der Waals surface area contributed by atoms with Crippen molar-refractivity contribution in [1.29, 1.82) is 0 Å². The Morgan fingerprint density at radius 2 is 2.03 bits per heavy atom. The number of carboxylic acids is 1. The molecule has 0 bridgehead atoms. The van der Waals surface area contributed by atoms with Crippen LogP contribution in [0.4, 0.5) is 4.39 Å². The van der Waals surface area contributed by atoms with Gasteiger partial charge in [0.05, 0.1) is 29.9 Å². The number of nitrogens with zero attached hydrogens (tertiary/aromatic N) is 4. The van der Waals surface area contributed by atoms with Gasteiger partial charge in [-0.25, -0.2) is 9.07 Å². The maximum atomic E-state index is 14.8. The molecule has 1 aliphatic rings. The highest BCUT2D eigenvalue weighted by Gasteiger charge is 2.29. The number of benzene rings is 2. The zero-order valence-corrected chi connectivity index (χ0v) is 17.4. The van der Waals surface area contributed by atoms with E-state index in [1.807, 2.05) is 33.5 Å². The van der Waals surface area contributed by atoms with E-state index in [2.05, 4.69) is 10.3 Å². The summed E-state index contributed by atoms with van der Waals surface area (Å²) in [5, 5.41) is 19.2. The Kier molecular flexibility index (Phi) is 4.98. The topological polar surface area (TPSA) is 72.9 Å². The molecule has 158 valence electrons. The van der Waals surface area contributed by atoms with Crippen molar-refractivity contribution in [3.8, 4) is 0 Å². The molecule has 1 aliphatic heterocycles. The maximum absolute atomic E-state index is 14.8. The summed E-state index contributed by atoms with van der Waals surface area (Å²) in [5.74, 6) is -1.25. The molecule has 1 atom stereocenters. The van der Waals surface area contributed by atoms with Gasteiger partial charge in [-0.2, -0.15) is 0 Å². The van der Waals surface area contributed by atoms with E-state index < -0.39 is 5.97 Å². The lowest BCUT2D eigenvalue weighted by Gasteiger charge is -2.27. The van der Waals surface area contributed by atoms with Gasteiger partial charge in [0, 0.05) is 29.1 Å². The SMILES string of the molecule is O=C(O)Cc1c2n(c3c(F)cccc13)CC(n1nncc1Cc1ccc(Cl)cc1)CC2. The molecule has 4 aromatic rings. The van der Waals surface area contributed by atoms with Crippen molar-refractivity contribution < 1.29 is 14.3 Å². The third kappa shape index (κ3) is 3.59. The lowest BCUT2D eigenvalue weighted by molar-refractivity contribution is -0.136. The first-order valence-corrected chi connectivity index (χ1v) is 10.5. The lowest BCUT2D eigenvalue weighted by Crippen LogP contribution is -2.26. The predicted molar refractivity (Wildman–Crippen MR) is 115 cm³/mol. The van der Waals surface area contributed by atoms with Crippen LogP contribution in [0.5, 0.6) is 0 Å². The highest BCUT2D eigenvalue weighted by atomic mass is 35.5. The Morgan fingerprint density at radius 3 is 2.81 bits per heavy atom. The number of hydrogen-bond donors (Lipinski definition) is 1. The van der Waals surface area contributed by atoms with Gasteiger partial charge in [-0.3, -0.25) is 4.79 Å². The molecule has 31 heavy (non-hydrogen) atoms. The number of aromatic nitrogens is 4. The Bertz CT molecular complexity index is 1280. The van der Waals surface area contributed by atoms with E-state index in [1.54, 1.807) is 18.3 Å². The van der Waals surface area contributed by atoms with Crippen molar-refractivity contribution in [3.05, 3.63) is 82.0 Å². The second-order valence-corrected chi connectivity index (χ2v) is 8.34. The maximum Gasteiger partial charge on any atom is 0.307 e. The lowest BCUT2D eigenvalue weighted by atomic mass is 10.00. The molecule has 8 heteroatoms. The Hall–Kier alpha value is -3.19. The second-order valence-electron chi connectivity index (χ2n) is 7.91. The summed E-state index contributed by atoms with van der Waals surface area (Å²) < 4.78 is 18.6. The van der Waals surface area contributed by atoms with Crippen LogP contribution in [0.3, 0.4) is 0 Å². The van der Waals surface area contributed by atoms with Gasteiger partial charge in [0.1, 0.15) is 5.82 Å². The minimum absolute atomic E-state index is 0.00480. The number of halogens is 2. The first kappa shape index (κ1) is 19.8. The van der Waals surface area contributed by atoms with E-state index in [9.17, 15) is 14.3 Å². The average molecular weight is 439 g/mol. The molecule has 1 unspecified atom stereocenters. The van der Waals surface area contributed by atoms with Crippen LogP contribution >= 0.6 is 11.6 Å². The molecule has 5 rings (SSSR count). The molecular weight excluding hydrogens is 419 g/mol. The van der Waals surface area contributed by atoms with Crippen LogP contribution in [-0.4, -0.2) is 30.6 Å². The van der Waals surface area contributed by atoms with Crippen molar-refractivity contribution in [3.63, 3.8) is 0 Å². The normalized spacial score (nSPS) is 15.9. The third-order valence-electron chi connectivity index (χ3n) is 5.99. The van der Waals surface area contributed by atoms with Gasteiger partial charge in [-0.1, -0.05) is 41.1 Å². The van der Waals surface area contributed by atoms with E-state index in [1.165, 1.54) is 6.07 Å². The summed E-state index contributed by atoms with van der Waals surface area (Å²) in [7, 11) is 0. The van der Waals surface area contributed by atoms with Crippen LogP contribution in [-0.2, 0) is 30.6 Å². The van der Waals surface area contributed by atoms with E-state index in [4.69, 9.17) is 11.6 Å². The van der Waals surface area contributed by atoms with Crippen LogP contribution < -0.4 is 0 Å². The summed E-state index contributed by atoms with van der Waals surface area (Å²) in [6, 6.07) is 12.5. The number of hydrogen-bond acceptors (Lipinski definition) is 3. The average Bonchev–Trinajstić information content (AvgIpc) is 3.33. The van der Waals surface area contributed by atoms with E-state index in [0.717, 1.165) is 23.4 Å². The molecule has 2 aromatic carbocycles. The summed E-state index contributed by atoms with van der Waals surface area (Å²) in [4.78, 5) is 11.4. The molecule has 0 spiro atoms.